The van der Waals surface area contributed by atoms with Crippen LogP contribution in [0.5, 0.6) is 0 Å². The zero-order valence-electron chi connectivity index (χ0n) is 9.68. The summed E-state index contributed by atoms with van der Waals surface area (Å²) in [6.07, 6.45) is 10.1. The quantitative estimate of drug-likeness (QED) is 0.473. The van der Waals surface area contributed by atoms with E-state index in [4.69, 9.17) is 0 Å². The van der Waals surface area contributed by atoms with Crippen molar-refractivity contribution in [2.75, 3.05) is 0 Å². The van der Waals surface area contributed by atoms with Gasteiger partial charge in [-0.05, 0) is 24.7 Å². The molecule has 0 fully saturated rings. The van der Waals surface area contributed by atoms with E-state index >= 15 is 0 Å². The molecule has 0 heteroatoms. The van der Waals surface area contributed by atoms with Crippen LogP contribution in [0.2, 0.25) is 0 Å². The first kappa shape index (κ1) is 12.7. The molecule has 0 bridgehead atoms. The summed E-state index contributed by atoms with van der Waals surface area (Å²) in [4.78, 5) is 0. The minimum absolute atomic E-state index is 0.872. The molecule has 0 aliphatic carbocycles. The van der Waals surface area contributed by atoms with Crippen LogP contribution in [0.1, 0.15) is 59.3 Å². The molecule has 1 unspecified atom stereocenters. The first-order valence-electron chi connectivity index (χ1n) is 5.81. The van der Waals surface area contributed by atoms with Gasteiger partial charge >= 0.3 is 0 Å². The predicted molar refractivity (Wildman–Crippen MR) is 61.9 cm³/mol. The SMILES string of the molecule is C=CCCC(CC)CCCC(C)C. The van der Waals surface area contributed by atoms with Gasteiger partial charge < -0.3 is 0 Å². The Kier molecular flexibility index (Phi) is 8.18. The molecular formula is C13H26. The average molecular weight is 182 g/mol. The highest BCUT2D eigenvalue weighted by Crippen LogP contribution is 2.20. The van der Waals surface area contributed by atoms with E-state index in [-0.39, 0.29) is 0 Å². The molecule has 0 aromatic rings. The largest absolute Gasteiger partial charge is 0.103 e. The van der Waals surface area contributed by atoms with Crippen LogP contribution < -0.4 is 0 Å². The van der Waals surface area contributed by atoms with Crippen LogP contribution >= 0.6 is 0 Å². The molecule has 0 rings (SSSR count). The van der Waals surface area contributed by atoms with Gasteiger partial charge in [0.15, 0.2) is 0 Å². The summed E-state index contributed by atoms with van der Waals surface area (Å²) in [6.45, 7) is 10.7. The third-order valence-electron chi connectivity index (χ3n) is 2.75. The third-order valence-corrected chi connectivity index (χ3v) is 2.75. The van der Waals surface area contributed by atoms with Crippen molar-refractivity contribution in [2.45, 2.75) is 59.3 Å². The van der Waals surface area contributed by atoms with Crippen LogP contribution in [0.3, 0.4) is 0 Å². The van der Waals surface area contributed by atoms with E-state index in [2.05, 4.69) is 27.4 Å². The highest BCUT2D eigenvalue weighted by Gasteiger charge is 2.05. The number of hydrogen-bond acceptors (Lipinski definition) is 0. The van der Waals surface area contributed by atoms with E-state index in [9.17, 15) is 0 Å². The van der Waals surface area contributed by atoms with Gasteiger partial charge in [-0.3, -0.25) is 0 Å². The topological polar surface area (TPSA) is 0 Å². The molecule has 0 nitrogen and oxygen atoms in total. The summed E-state index contributed by atoms with van der Waals surface area (Å²) in [7, 11) is 0. The van der Waals surface area contributed by atoms with Crippen LogP contribution in [0.25, 0.3) is 0 Å². The van der Waals surface area contributed by atoms with Gasteiger partial charge in [0.1, 0.15) is 0 Å². The van der Waals surface area contributed by atoms with Crippen molar-refractivity contribution in [3.63, 3.8) is 0 Å². The first-order valence-corrected chi connectivity index (χ1v) is 5.81. The number of rotatable bonds is 8. The highest BCUT2D eigenvalue weighted by molar-refractivity contribution is 4.69. The van der Waals surface area contributed by atoms with Crippen molar-refractivity contribution in [1.82, 2.24) is 0 Å². The molecule has 0 amide bonds. The lowest BCUT2D eigenvalue weighted by Crippen LogP contribution is -1.99. The van der Waals surface area contributed by atoms with Crippen molar-refractivity contribution in [3.8, 4) is 0 Å². The molecule has 0 heterocycles. The van der Waals surface area contributed by atoms with Crippen molar-refractivity contribution in [2.24, 2.45) is 11.8 Å². The Morgan fingerprint density at radius 2 is 1.85 bits per heavy atom. The van der Waals surface area contributed by atoms with Gasteiger partial charge in [0.2, 0.25) is 0 Å². The third kappa shape index (κ3) is 8.08. The van der Waals surface area contributed by atoms with Crippen LogP contribution in [0.4, 0.5) is 0 Å². The molecule has 0 aromatic carbocycles. The molecular weight excluding hydrogens is 156 g/mol. The molecule has 0 saturated carbocycles. The van der Waals surface area contributed by atoms with E-state index < -0.39 is 0 Å². The van der Waals surface area contributed by atoms with Gasteiger partial charge in [-0.15, -0.1) is 6.58 Å². The maximum absolute atomic E-state index is 3.78. The van der Waals surface area contributed by atoms with Gasteiger partial charge in [-0.2, -0.15) is 0 Å². The van der Waals surface area contributed by atoms with Gasteiger partial charge in [-0.1, -0.05) is 52.5 Å². The molecule has 0 aromatic heterocycles. The molecule has 0 aliphatic rings. The molecule has 13 heavy (non-hydrogen) atoms. The molecule has 1 atom stereocenters. The molecule has 0 saturated heterocycles. The van der Waals surface area contributed by atoms with E-state index in [0.29, 0.717) is 0 Å². The van der Waals surface area contributed by atoms with E-state index in [1.807, 2.05) is 6.08 Å². The zero-order chi connectivity index (χ0) is 10.1. The second-order valence-electron chi connectivity index (χ2n) is 4.47. The highest BCUT2D eigenvalue weighted by atomic mass is 14.1. The Morgan fingerprint density at radius 1 is 1.15 bits per heavy atom. The van der Waals surface area contributed by atoms with Crippen LogP contribution in [-0.4, -0.2) is 0 Å². The molecule has 0 radical (unpaired) electrons. The van der Waals surface area contributed by atoms with Crippen molar-refractivity contribution >= 4 is 0 Å². The fourth-order valence-electron chi connectivity index (χ4n) is 1.72. The molecule has 0 N–H and O–H groups in total. The van der Waals surface area contributed by atoms with Crippen molar-refractivity contribution in [3.05, 3.63) is 12.7 Å². The van der Waals surface area contributed by atoms with Gasteiger partial charge in [0.05, 0.1) is 0 Å². The maximum Gasteiger partial charge on any atom is -0.0351 e. The second-order valence-corrected chi connectivity index (χ2v) is 4.47. The summed E-state index contributed by atoms with van der Waals surface area (Å²) >= 11 is 0. The number of hydrogen-bond donors (Lipinski definition) is 0. The lowest BCUT2D eigenvalue weighted by molar-refractivity contribution is 0.402. The smallest absolute Gasteiger partial charge is 0.0351 e. The van der Waals surface area contributed by atoms with E-state index in [0.717, 1.165) is 11.8 Å². The Balaban J connectivity index is 3.41. The summed E-state index contributed by atoms with van der Waals surface area (Å²) in [6, 6.07) is 0. The average Bonchev–Trinajstić information content (AvgIpc) is 2.10. The number of allylic oxidation sites excluding steroid dienone is 1. The Morgan fingerprint density at radius 3 is 2.31 bits per heavy atom. The summed E-state index contributed by atoms with van der Waals surface area (Å²) in [5.74, 6) is 1.81. The Labute approximate surface area is 84.4 Å². The lowest BCUT2D eigenvalue weighted by Gasteiger charge is -2.14. The van der Waals surface area contributed by atoms with Gasteiger partial charge in [0.25, 0.3) is 0 Å². The molecule has 0 spiro atoms. The zero-order valence-corrected chi connectivity index (χ0v) is 9.68. The van der Waals surface area contributed by atoms with Crippen molar-refractivity contribution in [1.29, 1.82) is 0 Å². The summed E-state index contributed by atoms with van der Waals surface area (Å²) < 4.78 is 0. The van der Waals surface area contributed by atoms with Crippen LogP contribution in [-0.2, 0) is 0 Å². The summed E-state index contributed by atoms with van der Waals surface area (Å²) in [5.41, 5.74) is 0. The van der Waals surface area contributed by atoms with Gasteiger partial charge in [0, 0.05) is 0 Å². The maximum atomic E-state index is 3.78. The second kappa shape index (κ2) is 8.34. The fraction of sp³-hybridized carbons (Fsp3) is 0.846. The monoisotopic (exact) mass is 182 g/mol. The van der Waals surface area contributed by atoms with E-state index in [1.54, 1.807) is 0 Å². The van der Waals surface area contributed by atoms with Crippen molar-refractivity contribution < 1.29 is 0 Å². The standard InChI is InChI=1S/C13H26/c1-5-7-10-13(6-2)11-8-9-12(3)4/h5,12-13H,1,6-11H2,2-4H3. The Hall–Kier alpha value is -0.260. The molecule has 0 aliphatic heterocycles. The van der Waals surface area contributed by atoms with Crippen LogP contribution in [0.15, 0.2) is 12.7 Å². The fourth-order valence-corrected chi connectivity index (χ4v) is 1.72. The van der Waals surface area contributed by atoms with E-state index in [1.165, 1.54) is 38.5 Å². The summed E-state index contributed by atoms with van der Waals surface area (Å²) in [5, 5.41) is 0. The lowest BCUT2D eigenvalue weighted by atomic mass is 9.92. The minimum Gasteiger partial charge on any atom is -0.103 e. The first-order chi connectivity index (χ1) is 6.20. The van der Waals surface area contributed by atoms with Gasteiger partial charge in [-0.25, -0.2) is 0 Å². The van der Waals surface area contributed by atoms with Crippen LogP contribution in [0, 0.1) is 11.8 Å². The Bertz CT molecular complexity index is 113. The molecule has 78 valence electrons. The predicted octanol–water partition coefficient (Wildman–Crippen LogP) is 4.81. The normalized spacial score (nSPS) is 13.2. The minimum atomic E-state index is 0.872.